The lowest BCUT2D eigenvalue weighted by Crippen LogP contribution is -2.26. The summed E-state index contributed by atoms with van der Waals surface area (Å²) in [6.45, 7) is 0.141. The molecule has 0 saturated carbocycles. The topological polar surface area (TPSA) is 97.6 Å². The second-order valence-corrected chi connectivity index (χ2v) is 10.3. The van der Waals surface area contributed by atoms with Crippen molar-refractivity contribution >= 4 is 41.4 Å². The van der Waals surface area contributed by atoms with E-state index in [1.54, 1.807) is 0 Å². The predicted molar refractivity (Wildman–Crippen MR) is 101 cm³/mol. The van der Waals surface area contributed by atoms with E-state index < -0.39 is 19.9 Å². The molecule has 0 unspecified atom stereocenters. The van der Waals surface area contributed by atoms with Gasteiger partial charge in [-0.1, -0.05) is 6.07 Å². The van der Waals surface area contributed by atoms with Gasteiger partial charge in [0, 0.05) is 36.1 Å². The van der Waals surface area contributed by atoms with Crippen molar-refractivity contribution in [3.8, 4) is 0 Å². The van der Waals surface area contributed by atoms with Gasteiger partial charge in [-0.3, -0.25) is 0 Å². The lowest BCUT2D eigenvalue weighted by molar-refractivity contribution is 0.580. The number of hydrogen-bond donors (Lipinski definition) is 1. The molecule has 26 heavy (non-hydrogen) atoms. The van der Waals surface area contributed by atoms with Gasteiger partial charge in [-0.15, -0.1) is 0 Å². The predicted octanol–water partition coefficient (Wildman–Crippen LogP) is 2.02. The number of halogens is 1. The van der Waals surface area contributed by atoms with Gasteiger partial charge >= 0.3 is 0 Å². The minimum absolute atomic E-state index is 0.0542. The number of hydrogen-bond acceptors (Lipinski definition) is 5. The fourth-order valence-electron chi connectivity index (χ4n) is 2.42. The standard InChI is InChI=1S/C16H16BrN3O4S2/c1-25(21,22)13-5-6-14(17)15(10-13)26(23,24)18-8-7-12-11-20-9-3-2-4-16(20)19-12/h2-6,9-11,18H,7-8H2,1H3. The van der Waals surface area contributed by atoms with Crippen LogP contribution in [0, 0.1) is 0 Å². The summed E-state index contributed by atoms with van der Waals surface area (Å²) in [7, 11) is -7.38. The molecule has 0 radical (unpaired) electrons. The maximum absolute atomic E-state index is 12.5. The van der Waals surface area contributed by atoms with E-state index in [1.165, 1.54) is 12.1 Å². The molecule has 3 aromatic rings. The van der Waals surface area contributed by atoms with Gasteiger partial charge in [0.2, 0.25) is 10.0 Å². The first-order chi connectivity index (χ1) is 12.2. The highest BCUT2D eigenvalue weighted by atomic mass is 79.9. The first kappa shape index (κ1) is 19.0. The quantitative estimate of drug-likeness (QED) is 0.610. The van der Waals surface area contributed by atoms with Crippen molar-refractivity contribution < 1.29 is 16.8 Å². The van der Waals surface area contributed by atoms with Gasteiger partial charge in [0.1, 0.15) is 5.65 Å². The maximum atomic E-state index is 12.5. The van der Waals surface area contributed by atoms with Crippen LogP contribution in [0.5, 0.6) is 0 Å². The van der Waals surface area contributed by atoms with Crippen molar-refractivity contribution in [1.82, 2.24) is 14.1 Å². The molecular formula is C16H16BrN3O4S2. The van der Waals surface area contributed by atoms with Crippen LogP contribution in [0.25, 0.3) is 5.65 Å². The van der Waals surface area contributed by atoms with Crippen LogP contribution in [-0.4, -0.2) is 39.0 Å². The zero-order valence-electron chi connectivity index (χ0n) is 13.8. The summed E-state index contributed by atoms with van der Waals surface area (Å²) in [5.41, 5.74) is 1.54. The SMILES string of the molecule is CS(=O)(=O)c1ccc(Br)c(S(=O)(=O)NCCc2cn3ccccc3n2)c1. The third-order valence-electron chi connectivity index (χ3n) is 3.71. The van der Waals surface area contributed by atoms with Crippen LogP contribution in [0.3, 0.4) is 0 Å². The van der Waals surface area contributed by atoms with E-state index in [2.05, 4.69) is 25.6 Å². The van der Waals surface area contributed by atoms with Crippen LogP contribution in [0.1, 0.15) is 5.69 Å². The fourth-order valence-corrected chi connectivity index (χ4v) is 5.16. The van der Waals surface area contributed by atoms with E-state index in [0.29, 0.717) is 10.9 Å². The summed E-state index contributed by atoms with van der Waals surface area (Å²) in [6.07, 6.45) is 5.14. The van der Waals surface area contributed by atoms with E-state index in [9.17, 15) is 16.8 Å². The fraction of sp³-hybridized carbons (Fsp3) is 0.188. The summed E-state index contributed by atoms with van der Waals surface area (Å²) < 4.78 is 53.0. The zero-order chi connectivity index (χ0) is 18.9. The zero-order valence-corrected chi connectivity index (χ0v) is 17.0. The molecule has 0 aliphatic rings. The van der Waals surface area contributed by atoms with Gasteiger partial charge in [0.05, 0.1) is 15.5 Å². The summed E-state index contributed by atoms with van der Waals surface area (Å²) in [4.78, 5) is 4.24. The van der Waals surface area contributed by atoms with Crippen LogP contribution in [0.4, 0.5) is 0 Å². The molecule has 1 N–H and O–H groups in total. The molecule has 7 nitrogen and oxygen atoms in total. The molecule has 0 atom stereocenters. The molecule has 0 aliphatic heterocycles. The molecule has 1 aromatic carbocycles. The van der Waals surface area contributed by atoms with Crippen LogP contribution in [-0.2, 0) is 26.3 Å². The first-order valence-corrected chi connectivity index (χ1v) is 11.8. The number of nitrogens with one attached hydrogen (secondary N) is 1. The summed E-state index contributed by atoms with van der Waals surface area (Å²) in [5, 5.41) is 0. The highest BCUT2D eigenvalue weighted by molar-refractivity contribution is 9.10. The van der Waals surface area contributed by atoms with Crippen molar-refractivity contribution in [2.75, 3.05) is 12.8 Å². The molecule has 0 aliphatic carbocycles. The summed E-state index contributed by atoms with van der Waals surface area (Å²) >= 11 is 3.16. The van der Waals surface area contributed by atoms with Crippen molar-refractivity contribution in [2.24, 2.45) is 0 Å². The van der Waals surface area contributed by atoms with Gasteiger partial charge in [-0.25, -0.2) is 26.5 Å². The number of sulfone groups is 1. The monoisotopic (exact) mass is 457 g/mol. The van der Waals surface area contributed by atoms with Crippen LogP contribution in [0.2, 0.25) is 0 Å². The number of benzene rings is 1. The van der Waals surface area contributed by atoms with Crippen molar-refractivity contribution in [2.45, 2.75) is 16.2 Å². The second-order valence-electron chi connectivity index (χ2n) is 5.71. The lowest BCUT2D eigenvalue weighted by Gasteiger charge is -2.09. The van der Waals surface area contributed by atoms with Crippen molar-refractivity contribution in [1.29, 1.82) is 0 Å². The maximum Gasteiger partial charge on any atom is 0.241 e. The van der Waals surface area contributed by atoms with Crippen LogP contribution >= 0.6 is 15.9 Å². The Balaban J connectivity index is 1.76. The number of aromatic nitrogens is 2. The van der Waals surface area contributed by atoms with Crippen molar-refractivity contribution in [3.63, 3.8) is 0 Å². The molecule has 138 valence electrons. The Hall–Kier alpha value is -1.75. The van der Waals surface area contributed by atoms with E-state index >= 15 is 0 Å². The molecule has 3 rings (SSSR count). The van der Waals surface area contributed by atoms with Gasteiger partial charge < -0.3 is 4.40 Å². The normalized spacial score (nSPS) is 12.5. The highest BCUT2D eigenvalue weighted by Crippen LogP contribution is 2.25. The minimum Gasteiger partial charge on any atom is -0.307 e. The Bertz CT molecular complexity index is 1140. The third-order valence-corrected chi connectivity index (χ3v) is 7.27. The Kier molecular flexibility index (Phi) is 5.20. The largest absolute Gasteiger partial charge is 0.307 e. The highest BCUT2D eigenvalue weighted by Gasteiger charge is 2.20. The number of nitrogens with zero attached hydrogens (tertiary/aromatic N) is 2. The number of pyridine rings is 1. The number of fused-ring (bicyclic) bond motifs is 1. The molecule has 0 spiro atoms. The molecule has 0 fully saturated rings. The first-order valence-electron chi connectivity index (χ1n) is 7.59. The lowest BCUT2D eigenvalue weighted by atomic mass is 10.3. The van der Waals surface area contributed by atoms with Gasteiger partial charge in [0.25, 0.3) is 0 Å². The Labute approximate surface area is 160 Å². The van der Waals surface area contributed by atoms with Crippen LogP contribution in [0.15, 0.2) is 63.1 Å². The molecule has 2 heterocycles. The van der Waals surface area contributed by atoms with E-state index in [4.69, 9.17) is 0 Å². The Morgan fingerprint density at radius 1 is 1.15 bits per heavy atom. The number of rotatable bonds is 6. The number of imidazole rings is 1. The third kappa shape index (κ3) is 4.14. The number of sulfonamides is 1. The van der Waals surface area contributed by atoms with Gasteiger partial charge in [-0.05, 0) is 46.3 Å². The smallest absolute Gasteiger partial charge is 0.241 e. The van der Waals surface area contributed by atoms with E-state index in [0.717, 1.165) is 23.7 Å². The average molecular weight is 458 g/mol. The Morgan fingerprint density at radius 3 is 2.62 bits per heavy atom. The van der Waals surface area contributed by atoms with Crippen LogP contribution < -0.4 is 4.72 Å². The average Bonchev–Trinajstić information content (AvgIpc) is 2.96. The van der Waals surface area contributed by atoms with E-state index in [-0.39, 0.29) is 16.3 Å². The van der Waals surface area contributed by atoms with Gasteiger partial charge in [0.15, 0.2) is 9.84 Å². The summed E-state index contributed by atoms with van der Waals surface area (Å²) in [5.74, 6) is 0. The molecule has 2 aromatic heterocycles. The van der Waals surface area contributed by atoms with Gasteiger partial charge in [-0.2, -0.15) is 0 Å². The molecule has 0 bridgehead atoms. The molecule has 0 saturated heterocycles. The molecular weight excluding hydrogens is 442 g/mol. The molecule has 0 amide bonds. The van der Waals surface area contributed by atoms with E-state index in [1.807, 2.05) is 35.0 Å². The second kappa shape index (κ2) is 7.10. The minimum atomic E-state index is -3.87. The van der Waals surface area contributed by atoms with Crippen molar-refractivity contribution in [3.05, 3.63) is 59.0 Å². The summed E-state index contributed by atoms with van der Waals surface area (Å²) in [6, 6.07) is 9.53. The Morgan fingerprint density at radius 2 is 1.92 bits per heavy atom. The molecule has 10 heteroatoms.